The van der Waals surface area contributed by atoms with Crippen LogP contribution in [0.1, 0.15) is 37.8 Å². The number of nitrogens with zero attached hydrogens (tertiary/aromatic N) is 2. The highest BCUT2D eigenvalue weighted by molar-refractivity contribution is 5.55. The van der Waals surface area contributed by atoms with Gasteiger partial charge in [0, 0.05) is 37.9 Å². The summed E-state index contributed by atoms with van der Waals surface area (Å²) in [5.41, 5.74) is 4.23. The Balaban J connectivity index is 2.14. The molecule has 118 valence electrons. The van der Waals surface area contributed by atoms with Gasteiger partial charge in [-0.1, -0.05) is 31.5 Å². The normalized spacial score (nSPS) is 20.0. The van der Waals surface area contributed by atoms with Gasteiger partial charge in [0.05, 0.1) is 0 Å². The molecule has 1 aromatic rings. The van der Waals surface area contributed by atoms with Crippen LogP contribution in [0.4, 0.5) is 5.69 Å². The lowest BCUT2D eigenvalue weighted by molar-refractivity contribution is 0.213. The van der Waals surface area contributed by atoms with E-state index in [1.54, 1.807) is 0 Å². The maximum Gasteiger partial charge on any atom is 0.0413 e. The molecule has 0 saturated carbocycles. The van der Waals surface area contributed by atoms with Gasteiger partial charge in [-0.05, 0) is 45.0 Å². The molecular weight excluding hydrogens is 258 g/mol. The molecule has 1 heterocycles. The van der Waals surface area contributed by atoms with Crippen LogP contribution in [-0.4, -0.2) is 44.2 Å². The summed E-state index contributed by atoms with van der Waals surface area (Å²) in [5, 5.41) is 3.55. The zero-order valence-electron chi connectivity index (χ0n) is 14.2. The summed E-state index contributed by atoms with van der Waals surface area (Å²) < 4.78 is 0. The first-order valence-electron chi connectivity index (χ1n) is 8.41. The van der Waals surface area contributed by atoms with E-state index in [4.69, 9.17) is 0 Å². The van der Waals surface area contributed by atoms with Crippen LogP contribution in [0.25, 0.3) is 0 Å². The minimum Gasteiger partial charge on any atom is -0.368 e. The highest BCUT2D eigenvalue weighted by Gasteiger charge is 2.24. The van der Waals surface area contributed by atoms with Crippen molar-refractivity contribution in [2.75, 3.05) is 38.1 Å². The monoisotopic (exact) mass is 289 g/mol. The fourth-order valence-electron chi connectivity index (χ4n) is 3.17. The lowest BCUT2D eigenvalue weighted by Gasteiger charge is -2.41. The summed E-state index contributed by atoms with van der Waals surface area (Å²) in [4.78, 5) is 5.08. The van der Waals surface area contributed by atoms with Crippen molar-refractivity contribution in [2.24, 2.45) is 0 Å². The molecule has 0 bridgehead atoms. The van der Waals surface area contributed by atoms with E-state index < -0.39 is 0 Å². The Morgan fingerprint density at radius 2 is 2.05 bits per heavy atom. The third-order valence-electron chi connectivity index (χ3n) is 4.57. The van der Waals surface area contributed by atoms with E-state index in [1.165, 1.54) is 29.7 Å². The van der Waals surface area contributed by atoms with Crippen molar-refractivity contribution in [3.63, 3.8) is 0 Å². The number of nitrogens with one attached hydrogen (secondary N) is 1. The Morgan fingerprint density at radius 3 is 2.76 bits per heavy atom. The van der Waals surface area contributed by atoms with Gasteiger partial charge >= 0.3 is 0 Å². The second-order valence-corrected chi connectivity index (χ2v) is 6.30. The maximum absolute atomic E-state index is 3.55. The summed E-state index contributed by atoms with van der Waals surface area (Å²) in [6.45, 7) is 12.2. The molecule has 1 aliphatic rings. The molecule has 21 heavy (non-hydrogen) atoms. The van der Waals surface area contributed by atoms with Crippen LogP contribution >= 0.6 is 0 Å². The van der Waals surface area contributed by atoms with Crippen molar-refractivity contribution in [3.05, 3.63) is 29.3 Å². The molecule has 1 atom stereocenters. The Labute approximate surface area is 130 Å². The van der Waals surface area contributed by atoms with E-state index in [9.17, 15) is 0 Å². The Bertz CT molecular complexity index is 444. The molecule has 3 nitrogen and oxygen atoms in total. The third kappa shape index (κ3) is 4.21. The minimum absolute atomic E-state index is 0.677. The number of piperazine rings is 1. The summed E-state index contributed by atoms with van der Waals surface area (Å²) >= 11 is 0. The van der Waals surface area contributed by atoms with Gasteiger partial charge in [-0.25, -0.2) is 0 Å². The predicted octanol–water partition coefficient (Wildman–Crippen LogP) is 3.03. The molecule has 0 aliphatic carbocycles. The topological polar surface area (TPSA) is 18.5 Å². The molecule has 0 spiro atoms. The predicted molar refractivity (Wildman–Crippen MR) is 92.1 cm³/mol. The van der Waals surface area contributed by atoms with Crippen molar-refractivity contribution < 1.29 is 0 Å². The van der Waals surface area contributed by atoms with E-state index in [0.29, 0.717) is 6.04 Å². The molecule has 1 saturated heterocycles. The Hall–Kier alpha value is -1.06. The molecule has 0 aromatic heterocycles. The van der Waals surface area contributed by atoms with E-state index in [0.717, 1.165) is 32.7 Å². The fourth-order valence-corrected chi connectivity index (χ4v) is 3.17. The molecule has 0 amide bonds. The second kappa shape index (κ2) is 7.81. The van der Waals surface area contributed by atoms with E-state index in [2.05, 4.69) is 61.1 Å². The van der Waals surface area contributed by atoms with Crippen LogP contribution in [0.5, 0.6) is 0 Å². The average Bonchev–Trinajstić information content (AvgIpc) is 2.48. The molecule has 1 fully saturated rings. The van der Waals surface area contributed by atoms with Crippen molar-refractivity contribution in [1.82, 2.24) is 10.2 Å². The molecule has 1 aliphatic heterocycles. The summed E-state index contributed by atoms with van der Waals surface area (Å²) in [7, 11) is 2.25. The Morgan fingerprint density at radius 1 is 1.24 bits per heavy atom. The van der Waals surface area contributed by atoms with Crippen LogP contribution < -0.4 is 10.2 Å². The molecule has 1 unspecified atom stereocenters. The number of rotatable bonds is 6. The van der Waals surface area contributed by atoms with Gasteiger partial charge in [-0.2, -0.15) is 0 Å². The SMILES string of the molecule is CCCNCc1cc(C)ccc1N1CCN(C)C(CC)C1. The van der Waals surface area contributed by atoms with Crippen LogP contribution in [0, 0.1) is 6.92 Å². The summed E-state index contributed by atoms with van der Waals surface area (Å²) in [6, 6.07) is 7.59. The summed E-state index contributed by atoms with van der Waals surface area (Å²) in [5.74, 6) is 0. The number of hydrogen-bond donors (Lipinski definition) is 1. The van der Waals surface area contributed by atoms with Gasteiger partial charge in [0.1, 0.15) is 0 Å². The zero-order valence-corrected chi connectivity index (χ0v) is 14.2. The van der Waals surface area contributed by atoms with E-state index in [1.807, 2.05) is 0 Å². The lowest BCUT2D eigenvalue weighted by Crippen LogP contribution is -2.51. The smallest absolute Gasteiger partial charge is 0.0413 e. The number of likely N-dealkylation sites (N-methyl/N-ethyl adjacent to an activating group) is 1. The quantitative estimate of drug-likeness (QED) is 0.812. The highest BCUT2D eigenvalue weighted by atomic mass is 15.3. The average molecular weight is 289 g/mol. The van der Waals surface area contributed by atoms with Crippen molar-refractivity contribution in [3.8, 4) is 0 Å². The zero-order chi connectivity index (χ0) is 15.2. The van der Waals surface area contributed by atoms with E-state index in [-0.39, 0.29) is 0 Å². The van der Waals surface area contributed by atoms with Gasteiger partial charge in [0.15, 0.2) is 0 Å². The first kappa shape index (κ1) is 16.3. The first-order chi connectivity index (χ1) is 10.2. The number of hydrogen-bond acceptors (Lipinski definition) is 3. The summed E-state index contributed by atoms with van der Waals surface area (Å²) in [6.07, 6.45) is 2.41. The van der Waals surface area contributed by atoms with Crippen LogP contribution in [0.2, 0.25) is 0 Å². The third-order valence-corrected chi connectivity index (χ3v) is 4.57. The lowest BCUT2D eigenvalue weighted by atomic mass is 10.0. The number of anilines is 1. The highest BCUT2D eigenvalue weighted by Crippen LogP contribution is 2.25. The molecule has 1 aromatic carbocycles. The first-order valence-corrected chi connectivity index (χ1v) is 8.41. The van der Waals surface area contributed by atoms with Gasteiger partial charge in [0.2, 0.25) is 0 Å². The van der Waals surface area contributed by atoms with Crippen molar-refractivity contribution >= 4 is 5.69 Å². The molecule has 1 N–H and O–H groups in total. The van der Waals surface area contributed by atoms with Crippen molar-refractivity contribution in [2.45, 2.75) is 46.2 Å². The molecule has 0 radical (unpaired) electrons. The van der Waals surface area contributed by atoms with Crippen LogP contribution in [-0.2, 0) is 6.54 Å². The van der Waals surface area contributed by atoms with Gasteiger partial charge in [0.25, 0.3) is 0 Å². The van der Waals surface area contributed by atoms with Gasteiger partial charge < -0.3 is 10.2 Å². The maximum atomic E-state index is 3.55. The van der Waals surface area contributed by atoms with Crippen LogP contribution in [0.15, 0.2) is 18.2 Å². The number of benzene rings is 1. The fraction of sp³-hybridized carbons (Fsp3) is 0.667. The van der Waals surface area contributed by atoms with Gasteiger partial charge in [-0.3, -0.25) is 4.90 Å². The largest absolute Gasteiger partial charge is 0.368 e. The van der Waals surface area contributed by atoms with Crippen molar-refractivity contribution in [1.29, 1.82) is 0 Å². The standard InChI is InChI=1S/C18H31N3/c1-5-9-19-13-16-12-15(3)7-8-18(16)21-11-10-20(4)17(6-2)14-21/h7-8,12,17,19H,5-6,9-11,13-14H2,1-4H3. The van der Waals surface area contributed by atoms with Crippen LogP contribution in [0.3, 0.4) is 0 Å². The number of aryl methyl sites for hydroxylation is 1. The molecule has 2 rings (SSSR count). The molecule has 3 heteroatoms. The molecular formula is C18H31N3. The second-order valence-electron chi connectivity index (χ2n) is 6.30. The van der Waals surface area contributed by atoms with Gasteiger partial charge in [-0.15, -0.1) is 0 Å². The van der Waals surface area contributed by atoms with E-state index >= 15 is 0 Å². The minimum atomic E-state index is 0.677. The Kier molecular flexibility index (Phi) is 6.07.